The minimum atomic E-state index is -0.457. The second-order valence-corrected chi connectivity index (χ2v) is 4.44. The Hall–Kier alpha value is -1.54. The molecule has 1 heterocycles. The molecule has 1 aromatic heterocycles. The number of furan rings is 1. The van der Waals surface area contributed by atoms with Gasteiger partial charge < -0.3 is 9.52 Å². The summed E-state index contributed by atoms with van der Waals surface area (Å²) in [5.74, 6) is 0. The molecule has 0 aliphatic heterocycles. The summed E-state index contributed by atoms with van der Waals surface area (Å²) in [7, 11) is 0. The summed E-state index contributed by atoms with van der Waals surface area (Å²) in [5.41, 5.74) is 4.05. The van der Waals surface area contributed by atoms with Crippen LogP contribution in [0.2, 0.25) is 0 Å². The average molecular weight is 230 g/mol. The molecule has 90 valence electrons. The SMILES string of the molecule is C/C=C/C[C@H](O)c1cc2occ(C)c2cc1C. The smallest absolute Gasteiger partial charge is 0.134 e. The van der Waals surface area contributed by atoms with Crippen molar-refractivity contribution in [3.63, 3.8) is 0 Å². The first-order valence-corrected chi connectivity index (χ1v) is 5.91. The Bertz CT molecular complexity index is 549. The molecule has 0 aliphatic rings. The molecular formula is C15H18O2. The fourth-order valence-electron chi connectivity index (χ4n) is 2.08. The molecule has 2 heteroatoms. The Labute approximate surface area is 102 Å². The van der Waals surface area contributed by atoms with E-state index >= 15 is 0 Å². The van der Waals surface area contributed by atoms with Gasteiger partial charge in [0.25, 0.3) is 0 Å². The van der Waals surface area contributed by atoms with E-state index in [9.17, 15) is 5.11 Å². The molecule has 1 atom stereocenters. The number of hydrogen-bond donors (Lipinski definition) is 1. The van der Waals surface area contributed by atoms with Gasteiger partial charge in [-0.2, -0.15) is 0 Å². The van der Waals surface area contributed by atoms with E-state index in [1.54, 1.807) is 6.26 Å². The zero-order chi connectivity index (χ0) is 12.4. The second-order valence-electron chi connectivity index (χ2n) is 4.44. The second kappa shape index (κ2) is 4.76. The van der Waals surface area contributed by atoms with Crippen LogP contribution < -0.4 is 0 Å². The van der Waals surface area contributed by atoms with Gasteiger partial charge in [0.1, 0.15) is 5.58 Å². The third kappa shape index (κ3) is 2.27. The van der Waals surface area contributed by atoms with Crippen LogP contribution in [0.15, 0.2) is 35.0 Å². The molecule has 0 fully saturated rings. The molecule has 0 saturated heterocycles. The first-order valence-electron chi connectivity index (χ1n) is 5.91. The predicted molar refractivity (Wildman–Crippen MR) is 70.1 cm³/mol. The van der Waals surface area contributed by atoms with Crippen LogP contribution >= 0.6 is 0 Å². The van der Waals surface area contributed by atoms with Crippen molar-refractivity contribution in [3.8, 4) is 0 Å². The Morgan fingerprint density at radius 2 is 2.06 bits per heavy atom. The van der Waals surface area contributed by atoms with Crippen LogP contribution in [0.1, 0.15) is 36.1 Å². The zero-order valence-electron chi connectivity index (χ0n) is 10.5. The van der Waals surface area contributed by atoms with Crippen molar-refractivity contribution in [3.05, 3.63) is 47.2 Å². The van der Waals surface area contributed by atoms with Gasteiger partial charge in [-0.3, -0.25) is 0 Å². The van der Waals surface area contributed by atoms with E-state index in [0.29, 0.717) is 6.42 Å². The van der Waals surface area contributed by atoms with E-state index < -0.39 is 6.10 Å². The van der Waals surface area contributed by atoms with Gasteiger partial charge in [0, 0.05) is 5.39 Å². The van der Waals surface area contributed by atoms with Crippen molar-refractivity contribution < 1.29 is 9.52 Å². The lowest BCUT2D eigenvalue weighted by molar-refractivity contribution is 0.181. The van der Waals surface area contributed by atoms with Crippen molar-refractivity contribution >= 4 is 11.0 Å². The maximum absolute atomic E-state index is 10.1. The van der Waals surface area contributed by atoms with Crippen LogP contribution in [-0.4, -0.2) is 5.11 Å². The molecule has 0 spiro atoms. The largest absolute Gasteiger partial charge is 0.464 e. The summed E-state index contributed by atoms with van der Waals surface area (Å²) in [6.07, 6.45) is 5.87. The van der Waals surface area contributed by atoms with Crippen molar-refractivity contribution in [1.29, 1.82) is 0 Å². The molecule has 17 heavy (non-hydrogen) atoms. The van der Waals surface area contributed by atoms with Gasteiger partial charge in [-0.05, 0) is 56.0 Å². The fraction of sp³-hybridized carbons (Fsp3) is 0.333. The molecule has 2 rings (SSSR count). The minimum Gasteiger partial charge on any atom is -0.464 e. The predicted octanol–water partition coefficient (Wildman–Crippen LogP) is 4.05. The highest BCUT2D eigenvalue weighted by Crippen LogP contribution is 2.29. The van der Waals surface area contributed by atoms with Crippen LogP contribution in [0.4, 0.5) is 0 Å². The quantitative estimate of drug-likeness (QED) is 0.807. The molecule has 0 saturated carbocycles. The summed E-state index contributed by atoms with van der Waals surface area (Å²) in [6, 6.07) is 4.04. The van der Waals surface area contributed by atoms with Gasteiger partial charge in [0.05, 0.1) is 12.4 Å². The third-order valence-electron chi connectivity index (χ3n) is 3.11. The molecule has 0 unspecified atom stereocenters. The standard InChI is InChI=1S/C15H18O2/c1-4-5-6-14(16)12-8-15-13(7-10(12)2)11(3)9-17-15/h4-5,7-9,14,16H,6H2,1-3H3/b5-4+/t14-/m0/s1. The van der Waals surface area contributed by atoms with Crippen molar-refractivity contribution in [2.75, 3.05) is 0 Å². The number of fused-ring (bicyclic) bond motifs is 1. The minimum absolute atomic E-state index is 0.457. The van der Waals surface area contributed by atoms with E-state index in [2.05, 4.69) is 6.07 Å². The Morgan fingerprint density at radius 1 is 1.29 bits per heavy atom. The monoisotopic (exact) mass is 230 g/mol. The first-order chi connectivity index (χ1) is 8.13. The lowest BCUT2D eigenvalue weighted by Gasteiger charge is -2.11. The van der Waals surface area contributed by atoms with Crippen LogP contribution in [0.3, 0.4) is 0 Å². The zero-order valence-corrected chi connectivity index (χ0v) is 10.5. The molecule has 1 aromatic carbocycles. The summed E-state index contributed by atoms with van der Waals surface area (Å²) >= 11 is 0. The first kappa shape index (κ1) is 11.9. The number of hydrogen-bond acceptors (Lipinski definition) is 2. The normalized spacial score (nSPS) is 13.6. The fourth-order valence-corrected chi connectivity index (χ4v) is 2.08. The average Bonchev–Trinajstić information content (AvgIpc) is 2.67. The summed E-state index contributed by atoms with van der Waals surface area (Å²) in [6.45, 7) is 6.01. The highest BCUT2D eigenvalue weighted by Gasteiger charge is 2.12. The molecule has 1 N–H and O–H groups in total. The topological polar surface area (TPSA) is 33.4 Å². The van der Waals surface area contributed by atoms with Crippen LogP contribution in [0.25, 0.3) is 11.0 Å². The maximum Gasteiger partial charge on any atom is 0.134 e. The molecule has 0 radical (unpaired) electrons. The Kier molecular flexibility index (Phi) is 3.34. The summed E-state index contributed by atoms with van der Waals surface area (Å²) in [5, 5.41) is 11.2. The Balaban J connectivity index is 2.43. The van der Waals surface area contributed by atoms with Gasteiger partial charge >= 0.3 is 0 Å². The Morgan fingerprint density at radius 3 is 2.76 bits per heavy atom. The van der Waals surface area contributed by atoms with E-state index in [4.69, 9.17) is 4.42 Å². The number of benzene rings is 1. The number of aliphatic hydroxyl groups is 1. The van der Waals surface area contributed by atoms with Gasteiger partial charge in [-0.1, -0.05) is 12.2 Å². The summed E-state index contributed by atoms with van der Waals surface area (Å²) in [4.78, 5) is 0. The van der Waals surface area contributed by atoms with Crippen molar-refractivity contribution in [1.82, 2.24) is 0 Å². The van der Waals surface area contributed by atoms with Gasteiger partial charge in [-0.15, -0.1) is 0 Å². The van der Waals surface area contributed by atoms with E-state index in [1.165, 1.54) is 0 Å². The molecule has 0 aliphatic carbocycles. The lowest BCUT2D eigenvalue weighted by atomic mass is 9.98. The number of allylic oxidation sites excluding steroid dienone is 1. The lowest BCUT2D eigenvalue weighted by Crippen LogP contribution is -1.98. The molecule has 2 aromatic rings. The number of aliphatic hydroxyl groups excluding tert-OH is 1. The number of aryl methyl sites for hydroxylation is 2. The maximum atomic E-state index is 10.1. The van der Waals surface area contributed by atoms with Gasteiger partial charge in [0.2, 0.25) is 0 Å². The van der Waals surface area contributed by atoms with Gasteiger partial charge in [-0.25, -0.2) is 0 Å². The van der Waals surface area contributed by atoms with Crippen LogP contribution in [0, 0.1) is 13.8 Å². The molecule has 2 nitrogen and oxygen atoms in total. The van der Waals surface area contributed by atoms with Crippen LogP contribution in [0.5, 0.6) is 0 Å². The summed E-state index contributed by atoms with van der Waals surface area (Å²) < 4.78 is 5.47. The van der Waals surface area contributed by atoms with Crippen LogP contribution in [-0.2, 0) is 0 Å². The van der Waals surface area contributed by atoms with Crippen molar-refractivity contribution in [2.45, 2.75) is 33.3 Å². The molecular weight excluding hydrogens is 212 g/mol. The highest BCUT2D eigenvalue weighted by molar-refractivity contribution is 5.82. The molecule has 0 bridgehead atoms. The van der Waals surface area contributed by atoms with E-state index in [1.807, 2.05) is 39.0 Å². The third-order valence-corrected chi connectivity index (χ3v) is 3.11. The van der Waals surface area contributed by atoms with Crippen molar-refractivity contribution in [2.24, 2.45) is 0 Å². The van der Waals surface area contributed by atoms with E-state index in [-0.39, 0.29) is 0 Å². The van der Waals surface area contributed by atoms with E-state index in [0.717, 1.165) is 27.7 Å². The van der Waals surface area contributed by atoms with Gasteiger partial charge in [0.15, 0.2) is 0 Å². The number of rotatable bonds is 3. The molecule has 0 amide bonds. The highest BCUT2D eigenvalue weighted by atomic mass is 16.3.